The number of nitrogen functional groups attached to an aromatic ring is 1. The summed E-state index contributed by atoms with van der Waals surface area (Å²) in [4.78, 5) is 25.9. The Kier molecular flexibility index (Phi) is 4.89. The fourth-order valence-electron chi connectivity index (χ4n) is 1.31. The van der Waals surface area contributed by atoms with Gasteiger partial charge < -0.3 is 16.2 Å². The smallest absolute Gasteiger partial charge is 0.303 e. The van der Waals surface area contributed by atoms with Gasteiger partial charge in [-0.15, -0.1) is 11.3 Å². The molecule has 1 atom stereocenters. The standard InChI is InChI=1S/C10H15N3O3S/c1-6(2-3-9(15)16)12-8(14)4-7-5-17-10(11)13-7/h5-6H,2-4H2,1H3,(H2,11,13)(H,12,14)(H,15,16). The second-order valence-corrected chi connectivity index (χ2v) is 4.64. The summed E-state index contributed by atoms with van der Waals surface area (Å²) < 4.78 is 0. The molecule has 1 unspecified atom stereocenters. The predicted octanol–water partition coefficient (Wildman–Crippen LogP) is 0.637. The highest BCUT2D eigenvalue weighted by Crippen LogP contribution is 2.11. The van der Waals surface area contributed by atoms with Crippen LogP contribution in [0.4, 0.5) is 5.13 Å². The van der Waals surface area contributed by atoms with Crippen LogP contribution in [0.2, 0.25) is 0 Å². The van der Waals surface area contributed by atoms with E-state index in [9.17, 15) is 9.59 Å². The molecule has 94 valence electrons. The summed E-state index contributed by atoms with van der Waals surface area (Å²) in [5.74, 6) is -1.04. The topological polar surface area (TPSA) is 105 Å². The number of amides is 1. The van der Waals surface area contributed by atoms with Crippen LogP contribution in [0.15, 0.2) is 5.38 Å². The minimum Gasteiger partial charge on any atom is -0.481 e. The van der Waals surface area contributed by atoms with Crippen molar-refractivity contribution in [3.05, 3.63) is 11.1 Å². The molecule has 7 heteroatoms. The van der Waals surface area contributed by atoms with Gasteiger partial charge in [-0.2, -0.15) is 0 Å². The first kappa shape index (κ1) is 13.4. The number of anilines is 1. The van der Waals surface area contributed by atoms with Gasteiger partial charge in [0.15, 0.2) is 5.13 Å². The number of thiazole rings is 1. The van der Waals surface area contributed by atoms with Crippen molar-refractivity contribution in [1.82, 2.24) is 10.3 Å². The molecule has 0 bridgehead atoms. The lowest BCUT2D eigenvalue weighted by Gasteiger charge is -2.11. The molecule has 0 aromatic carbocycles. The summed E-state index contributed by atoms with van der Waals surface area (Å²) in [5, 5.41) is 13.4. The molecule has 0 aliphatic rings. The lowest BCUT2D eigenvalue weighted by atomic mass is 10.2. The third kappa shape index (κ3) is 5.30. The molecule has 1 aromatic rings. The van der Waals surface area contributed by atoms with Gasteiger partial charge in [0.2, 0.25) is 5.91 Å². The van der Waals surface area contributed by atoms with E-state index in [-0.39, 0.29) is 24.8 Å². The number of nitrogens with two attached hydrogens (primary N) is 1. The number of carboxylic acids is 1. The molecule has 1 aromatic heterocycles. The number of hydrogen-bond acceptors (Lipinski definition) is 5. The maximum Gasteiger partial charge on any atom is 0.303 e. The van der Waals surface area contributed by atoms with Crippen LogP contribution in [0.25, 0.3) is 0 Å². The molecule has 0 fully saturated rings. The number of carboxylic acid groups (broad SMARTS) is 1. The summed E-state index contributed by atoms with van der Waals surface area (Å²) in [6.07, 6.45) is 0.635. The van der Waals surface area contributed by atoms with E-state index in [2.05, 4.69) is 10.3 Å². The van der Waals surface area contributed by atoms with Gasteiger partial charge in [0, 0.05) is 17.8 Å². The quantitative estimate of drug-likeness (QED) is 0.693. The van der Waals surface area contributed by atoms with Gasteiger partial charge in [0.05, 0.1) is 12.1 Å². The van der Waals surface area contributed by atoms with Crippen molar-refractivity contribution in [1.29, 1.82) is 0 Å². The van der Waals surface area contributed by atoms with E-state index in [1.807, 2.05) is 0 Å². The van der Waals surface area contributed by atoms with E-state index < -0.39 is 5.97 Å². The predicted molar refractivity (Wildman–Crippen MR) is 64.7 cm³/mol. The number of nitrogens with zero attached hydrogens (tertiary/aromatic N) is 1. The Morgan fingerprint density at radius 2 is 2.35 bits per heavy atom. The molecule has 4 N–H and O–H groups in total. The number of carbonyl (C=O) groups is 2. The molecular formula is C10H15N3O3S. The van der Waals surface area contributed by atoms with E-state index >= 15 is 0 Å². The number of rotatable bonds is 6. The number of aromatic nitrogens is 1. The average molecular weight is 257 g/mol. The van der Waals surface area contributed by atoms with Gasteiger partial charge in [-0.25, -0.2) is 4.98 Å². The zero-order valence-corrected chi connectivity index (χ0v) is 10.3. The first-order chi connectivity index (χ1) is 7.97. The van der Waals surface area contributed by atoms with E-state index in [0.29, 0.717) is 17.2 Å². The van der Waals surface area contributed by atoms with Gasteiger partial charge in [0.25, 0.3) is 0 Å². The molecule has 0 saturated carbocycles. The molecule has 0 aliphatic heterocycles. The van der Waals surface area contributed by atoms with Gasteiger partial charge >= 0.3 is 5.97 Å². The highest BCUT2D eigenvalue weighted by atomic mass is 32.1. The third-order valence-corrected chi connectivity index (χ3v) is 2.83. The average Bonchev–Trinajstić information content (AvgIpc) is 2.60. The molecule has 0 radical (unpaired) electrons. The Balaban J connectivity index is 2.31. The second kappa shape index (κ2) is 6.19. The summed E-state index contributed by atoms with van der Waals surface area (Å²) >= 11 is 1.29. The number of hydrogen-bond donors (Lipinski definition) is 3. The Morgan fingerprint density at radius 1 is 1.65 bits per heavy atom. The Bertz CT molecular complexity index is 405. The first-order valence-electron chi connectivity index (χ1n) is 5.18. The summed E-state index contributed by atoms with van der Waals surface area (Å²) in [6, 6.07) is -0.158. The van der Waals surface area contributed by atoms with Crippen LogP contribution < -0.4 is 11.1 Å². The number of carbonyl (C=O) groups excluding carboxylic acids is 1. The van der Waals surface area contributed by atoms with E-state index in [0.717, 1.165) is 0 Å². The largest absolute Gasteiger partial charge is 0.481 e. The van der Waals surface area contributed by atoms with Gasteiger partial charge in [-0.3, -0.25) is 9.59 Å². The lowest BCUT2D eigenvalue weighted by molar-refractivity contribution is -0.137. The molecule has 0 saturated heterocycles. The monoisotopic (exact) mass is 257 g/mol. The summed E-state index contributed by atoms with van der Waals surface area (Å²) in [7, 11) is 0. The lowest BCUT2D eigenvalue weighted by Crippen LogP contribution is -2.34. The van der Waals surface area contributed by atoms with Crippen molar-refractivity contribution < 1.29 is 14.7 Å². The minimum atomic E-state index is -0.863. The molecule has 1 heterocycles. The molecule has 1 amide bonds. The maximum absolute atomic E-state index is 11.5. The summed E-state index contributed by atoms with van der Waals surface area (Å²) in [5.41, 5.74) is 6.08. The van der Waals surface area contributed by atoms with E-state index in [1.165, 1.54) is 11.3 Å². The highest BCUT2D eigenvalue weighted by molar-refractivity contribution is 7.13. The Hall–Kier alpha value is -1.63. The maximum atomic E-state index is 11.5. The van der Waals surface area contributed by atoms with E-state index in [1.54, 1.807) is 12.3 Å². The van der Waals surface area contributed by atoms with Crippen molar-refractivity contribution >= 4 is 28.3 Å². The van der Waals surface area contributed by atoms with Crippen LogP contribution in [0.5, 0.6) is 0 Å². The number of nitrogens with one attached hydrogen (secondary N) is 1. The van der Waals surface area contributed by atoms with Crippen LogP contribution in [-0.4, -0.2) is 28.0 Å². The van der Waals surface area contributed by atoms with Crippen LogP contribution in [0.3, 0.4) is 0 Å². The molecule has 0 aliphatic carbocycles. The molecular weight excluding hydrogens is 242 g/mol. The van der Waals surface area contributed by atoms with Crippen molar-refractivity contribution in [3.8, 4) is 0 Å². The Labute approximate surface area is 103 Å². The third-order valence-electron chi connectivity index (χ3n) is 2.11. The van der Waals surface area contributed by atoms with Gasteiger partial charge in [-0.1, -0.05) is 0 Å². The molecule has 1 rings (SSSR count). The highest BCUT2D eigenvalue weighted by Gasteiger charge is 2.11. The van der Waals surface area contributed by atoms with Gasteiger partial charge in [-0.05, 0) is 13.3 Å². The second-order valence-electron chi connectivity index (χ2n) is 3.75. The van der Waals surface area contributed by atoms with Crippen molar-refractivity contribution in [2.45, 2.75) is 32.2 Å². The normalized spacial score (nSPS) is 12.1. The molecule has 0 spiro atoms. The molecule has 17 heavy (non-hydrogen) atoms. The zero-order valence-electron chi connectivity index (χ0n) is 9.47. The SMILES string of the molecule is CC(CCC(=O)O)NC(=O)Cc1csc(N)n1. The van der Waals surface area contributed by atoms with Crippen LogP contribution >= 0.6 is 11.3 Å². The van der Waals surface area contributed by atoms with Gasteiger partial charge in [0.1, 0.15) is 0 Å². The fraction of sp³-hybridized carbons (Fsp3) is 0.500. The van der Waals surface area contributed by atoms with Crippen LogP contribution in [0.1, 0.15) is 25.5 Å². The van der Waals surface area contributed by atoms with Crippen LogP contribution in [-0.2, 0) is 16.0 Å². The Morgan fingerprint density at radius 3 is 2.88 bits per heavy atom. The molecule has 6 nitrogen and oxygen atoms in total. The summed E-state index contributed by atoms with van der Waals surface area (Å²) in [6.45, 7) is 1.77. The van der Waals surface area contributed by atoms with Crippen molar-refractivity contribution in [2.75, 3.05) is 5.73 Å². The minimum absolute atomic E-state index is 0.0467. The van der Waals surface area contributed by atoms with Crippen molar-refractivity contribution in [3.63, 3.8) is 0 Å². The fourth-order valence-corrected chi connectivity index (χ4v) is 1.87. The zero-order chi connectivity index (χ0) is 12.8. The first-order valence-corrected chi connectivity index (χ1v) is 6.06. The van der Waals surface area contributed by atoms with Crippen molar-refractivity contribution in [2.24, 2.45) is 0 Å². The number of aliphatic carboxylic acids is 1. The van der Waals surface area contributed by atoms with Crippen LogP contribution in [0, 0.1) is 0 Å². The van der Waals surface area contributed by atoms with E-state index in [4.69, 9.17) is 10.8 Å².